The maximum Gasteiger partial charge on any atom is 0.0593 e. The number of ether oxygens (including phenoxy) is 1. The smallest absolute Gasteiger partial charge is 0.0593 e. The van der Waals surface area contributed by atoms with Crippen molar-refractivity contribution in [2.75, 3.05) is 67.1 Å². The van der Waals surface area contributed by atoms with Crippen LogP contribution in [0.25, 0.3) is 0 Å². The van der Waals surface area contributed by atoms with E-state index in [2.05, 4.69) is 36.3 Å². The minimum absolute atomic E-state index is 0.829. The van der Waals surface area contributed by atoms with Crippen molar-refractivity contribution >= 4 is 0 Å². The Morgan fingerprint density at radius 1 is 1.35 bits per heavy atom. The van der Waals surface area contributed by atoms with Crippen molar-refractivity contribution in [3.05, 3.63) is 0 Å². The fourth-order valence-corrected chi connectivity index (χ4v) is 2.24. The second-order valence-corrected chi connectivity index (χ2v) is 5.39. The van der Waals surface area contributed by atoms with Gasteiger partial charge in [-0.25, -0.2) is 0 Å². The van der Waals surface area contributed by atoms with Crippen molar-refractivity contribution in [2.24, 2.45) is 5.92 Å². The molecule has 1 atom stereocenters. The molecule has 0 spiro atoms. The van der Waals surface area contributed by atoms with Gasteiger partial charge in [-0.3, -0.25) is 0 Å². The van der Waals surface area contributed by atoms with Crippen LogP contribution in [0, 0.1) is 5.92 Å². The van der Waals surface area contributed by atoms with E-state index < -0.39 is 0 Å². The van der Waals surface area contributed by atoms with Crippen LogP contribution in [-0.4, -0.2) is 76.9 Å². The van der Waals surface area contributed by atoms with Crippen LogP contribution in [0.1, 0.15) is 12.8 Å². The molecule has 1 fully saturated rings. The van der Waals surface area contributed by atoms with Gasteiger partial charge in [0, 0.05) is 19.6 Å². The summed E-state index contributed by atoms with van der Waals surface area (Å²) in [4.78, 5) is 4.58. The molecule has 1 saturated heterocycles. The lowest BCUT2D eigenvalue weighted by Gasteiger charge is -2.29. The summed E-state index contributed by atoms with van der Waals surface area (Å²) in [6, 6.07) is 0. The molecule has 0 radical (unpaired) electrons. The normalized spacial score (nSPS) is 22.2. The van der Waals surface area contributed by atoms with Gasteiger partial charge in [-0.2, -0.15) is 0 Å². The number of likely N-dealkylation sites (tertiary alicyclic amines) is 1. The van der Waals surface area contributed by atoms with Gasteiger partial charge in [-0.05, 0) is 53.0 Å². The molecule has 102 valence electrons. The van der Waals surface area contributed by atoms with Crippen molar-refractivity contribution in [1.29, 1.82) is 0 Å². The molecule has 0 saturated carbocycles. The monoisotopic (exact) mass is 243 g/mol. The van der Waals surface area contributed by atoms with Gasteiger partial charge < -0.3 is 19.9 Å². The number of rotatable bonds is 8. The summed E-state index contributed by atoms with van der Waals surface area (Å²) in [7, 11) is 6.36. The Hall–Kier alpha value is -0.160. The van der Waals surface area contributed by atoms with Crippen LogP contribution >= 0.6 is 0 Å². The molecule has 1 unspecified atom stereocenters. The SMILES string of the molecule is CN(C)CCOCCNCC1CCCN(C)C1. The number of likely N-dealkylation sites (N-methyl/N-ethyl adjacent to an activating group) is 1. The van der Waals surface area contributed by atoms with E-state index in [0.717, 1.165) is 38.8 Å². The van der Waals surface area contributed by atoms with Gasteiger partial charge in [0.25, 0.3) is 0 Å². The van der Waals surface area contributed by atoms with Gasteiger partial charge in [0.05, 0.1) is 13.2 Å². The molecule has 0 bridgehead atoms. The van der Waals surface area contributed by atoms with Crippen molar-refractivity contribution in [3.8, 4) is 0 Å². The zero-order valence-electron chi connectivity index (χ0n) is 11.7. The third kappa shape index (κ3) is 7.71. The summed E-state index contributed by atoms with van der Waals surface area (Å²) in [6.07, 6.45) is 2.72. The molecule has 1 aliphatic heterocycles. The average molecular weight is 243 g/mol. The first-order chi connectivity index (χ1) is 8.18. The van der Waals surface area contributed by atoms with Gasteiger partial charge in [0.15, 0.2) is 0 Å². The Balaban J connectivity index is 1.86. The highest BCUT2D eigenvalue weighted by Crippen LogP contribution is 2.13. The molecule has 1 heterocycles. The first-order valence-corrected chi connectivity index (χ1v) is 6.80. The maximum absolute atomic E-state index is 5.54. The van der Waals surface area contributed by atoms with Gasteiger partial charge in [-0.1, -0.05) is 0 Å². The lowest BCUT2D eigenvalue weighted by atomic mass is 9.98. The Bertz CT molecular complexity index is 188. The van der Waals surface area contributed by atoms with Gasteiger partial charge in [-0.15, -0.1) is 0 Å². The molecule has 4 heteroatoms. The third-order valence-electron chi connectivity index (χ3n) is 3.26. The number of hydrogen-bond donors (Lipinski definition) is 1. The van der Waals surface area contributed by atoms with Crippen LogP contribution in [0.2, 0.25) is 0 Å². The van der Waals surface area contributed by atoms with E-state index in [4.69, 9.17) is 4.74 Å². The molecule has 0 aromatic rings. The molecule has 4 nitrogen and oxygen atoms in total. The Morgan fingerprint density at radius 3 is 2.88 bits per heavy atom. The Kier molecular flexibility index (Phi) is 7.77. The van der Waals surface area contributed by atoms with Crippen LogP contribution in [0.5, 0.6) is 0 Å². The van der Waals surface area contributed by atoms with Crippen LogP contribution in [-0.2, 0) is 4.74 Å². The number of nitrogens with zero attached hydrogens (tertiary/aromatic N) is 2. The first kappa shape index (κ1) is 14.9. The zero-order valence-corrected chi connectivity index (χ0v) is 11.7. The van der Waals surface area contributed by atoms with E-state index in [-0.39, 0.29) is 0 Å². The lowest BCUT2D eigenvalue weighted by molar-refractivity contribution is 0.117. The predicted octanol–water partition coefficient (Wildman–Crippen LogP) is 0.496. The third-order valence-corrected chi connectivity index (χ3v) is 3.26. The first-order valence-electron chi connectivity index (χ1n) is 6.80. The standard InChI is InChI=1S/C13H29N3O/c1-15(2)8-10-17-9-6-14-11-13-5-4-7-16(3)12-13/h13-14H,4-12H2,1-3H3. The molecule has 0 amide bonds. The molecule has 1 aliphatic rings. The fourth-order valence-electron chi connectivity index (χ4n) is 2.24. The topological polar surface area (TPSA) is 27.7 Å². The number of nitrogens with one attached hydrogen (secondary N) is 1. The van der Waals surface area contributed by atoms with Crippen molar-refractivity contribution in [1.82, 2.24) is 15.1 Å². The van der Waals surface area contributed by atoms with Crippen LogP contribution < -0.4 is 5.32 Å². The highest BCUT2D eigenvalue weighted by molar-refractivity contribution is 4.72. The summed E-state index contributed by atoms with van der Waals surface area (Å²) >= 11 is 0. The molecule has 0 aromatic carbocycles. The predicted molar refractivity (Wildman–Crippen MR) is 72.5 cm³/mol. The number of piperidine rings is 1. The summed E-state index contributed by atoms with van der Waals surface area (Å²) in [6.45, 7) is 7.30. The maximum atomic E-state index is 5.54. The summed E-state index contributed by atoms with van der Waals surface area (Å²) in [5.41, 5.74) is 0. The van der Waals surface area contributed by atoms with Crippen LogP contribution in [0.15, 0.2) is 0 Å². The highest BCUT2D eigenvalue weighted by Gasteiger charge is 2.16. The van der Waals surface area contributed by atoms with Crippen LogP contribution in [0.3, 0.4) is 0 Å². The molecule has 17 heavy (non-hydrogen) atoms. The summed E-state index contributed by atoms with van der Waals surface area (Å²) in [5, 5.41) is 3.50. The van der Waals surface area contributed by atoms with E-state index in [0.29, 0.717) is 0 Å². The molecular formula is C13H29N3O. The average Bonchev–Trinajstić information content (AvgIpc) is 2.27. The van der Waals surface area contributed by atoms with Crippen molar-refractivity contribution < 1.29 is 4.74 Å². The minimum Gasteiger partial charge on any atom is -0.379 e. The Labute approximate surface area is 106 Å². The minimum atomic E-state index is 0.829. The molecule has 0 aromatic heterocycles. The molecule has 1 N–H and O–H groups in total. The van der Waals surface area contributed by atoms with Crippen molar-refractivity contribution in [2.45, 2.75) is 12.8 Å². The quantitative estimate of drug-likeness (QED) is 0.628. The molecular weight excluding hydrogens is 214 g/mol. The van der Waals surface area contributed by atoms with E-state index in [1.807, 2.05) is 0 Å². The zero-order chi connectivity index (χ0) is 12.5. The molecule has 1 rings (SSSR count). The van der Waals surface area contributed by atoms with E-state index >= 15 is 0 Å². The second-order valence-electron chi connectivity index (χ2n) is 5.39. The molecule has 0 aliphatic carbocycles. The number of hydrogen-bond acceptors (Lipinski definition) is 4. The Morgan fingerprint density at radius 2 is 2.18 bits per heavy atom. The lowest BCUT2D eigenvalue weighted by Crippen LogP contribution is -2.38. The van der Waals surface area contributed by atoms with Gasteiger partial charge in [0.2, 0.25) is 0 Å². The highest BCUT2D eigenvalue weighted by atomic mass is 16.5. The second kappa shape index (κ2) is 8.86. The van der Waals surface area contributed by atoms with Crippen molar-refractivity contribution in [3.63, 3.8) is 0 Å². The summed E-state index contributed by atoms with van der Waals surface area (Å²) < 4.78 is 5.54. The van der Waals surface area contributed by atoms with E-state index in [1.54, 1.807) is 0 Å². The van der Waals surface area contributed by atoms with Gasteiger partial charge in [0.1, 0.15) is 0 Å². The van der Waals surface area contributed by atoms with E-state index in [1.165, 1.54) is 25.9 Å². The summed E-state index contributed by atoms with van der Waals surface area (Å²) in [5.74, 6) is 0.829. The fraction of sp³-hybridized carbons (Fsp3) is 1.00. The van der Waals surface area contributed by atoms with E-state index in [9.17, 15) is 0 Å². The largest absolute Gasteiger partial charge is 0.379 e. The van der Waals surface area contributed by atoms with Gasteiger partial charge >= 0.3 is 0 Å². The van der Waals surface area contributed by atoms with Crippen LogP contribution in [0.4, 0.5) is 0 Å².